The molecule has 1 amide bonds. The van der Waals surface area contributed by atoms with Gasteiger partial charge < -0.3 is 10.2 Å². The molecule has 88 valence electrons. The van der Waals surface area contributed by atoms with Gasteiger partial charge in [-0.1, -0.05) is 13.0 Å². The Morgan fingerprint density at radius 2 is 2.19 bits per heavy atom. The summed E-state index contributed by atoms with van der Waals surface area (Å²) in [6.45, 7) is 3.78. The lowest BCUT2D eigenvalue weighted by molar-refractivity contribution is -0.121. The van der Waals surface area contributed by atoms with Gasteiger partial charge in [-0.15, -0.1) is 0 Å². The molecule has 4 heteroatoms. The second-order valence-electron chi connectivity index (χ2n) is 3.96. The number of carbonyl (C=O) groups is 1. The molecule has 0 aliphatic carbocycles. The molecule has 0 saturated heterocycles. The SMILES string of the molecule is CCC(=O)N[C@H](C)c1cccc(N(C)C)n1. The molecule has 1 rings (SSSR count). The third-order valence-corrected chi connectivity index (χ3v) is 2.36. The minimum Gasteiger partial charge on any atom is -0.363 e. The fourth-order valence-electron chi connectivity index (χ4n) is 1.35. The van der Waals surface area contributed by atoms with Crippen LogP contribution in [-0.2, 0) is 4.79 Å². The highest BCUT2D eigenvalue weighted by Crippen LogP contribution is 2.14. The van der Waals surface area contributed by atoms with Crippen molar-refractivity contribution in [1.82, 2.24) is 10.3 Å². The van der Waals surface area contributed by atoms with Gasteiger partial charge in [0.15, 0.2) is 0 Å². The fourth-order valence-corrected chi connectivity index (χ4v) is 1.35. The molecule has 1 heterocycles. The number of hydrogen-bond donors (Lipinski definition) is 1. The standard InChI is InChI=1S/C12H19N3O/c1-5-12(16)13-9(2)10-7-6-8-11(14-10)15(3)4/h6-9H,5H2,1-4H3,(H,13,16)/t9-/m1/s1. The number of nitrogens with zero attached hydrogens (tertiary/aromatic N) is 2. The van der Waals surface area contributed by atoms with E-state index >= 15 is 0 Å². The highest BCUT2D eigenvalue weighted by Gasteiger charge is 2.10. The molecule has 1 aromatic heterocycles. The number of aromatic nitrogens is 1. The van der Waals surface area contributed by atoms with Crippen molar-refractivity contribution in [2.24, 2.45) is 0 Å². The zero-order chi connectivity index (χ0) is 12.1. The van der Waals surface area contributed by atoms with E-state index in [1.807, 2.05) is 51.0 Å². The predicted octanol–water partition coefficient (Wildman–Crippen LogP) is 1.73. The van der Waals surface area contributed by atoms with E-state index in [0.29, 0.717) is 6.42 Å². The monoisotopic (exact) mass is 221 g/mol. The van der Waals surface area contributed by atoms with E-state index in [4.69, 9.17) is 0 Å². The van der Waals surface area contributed by atoms with Crippen molar-refractivity contribution < 1.29 is 4.79 Å². The molecule has 0 bridgehead atoms. The van der Waals surface area contributed by atoms with Crippen molar-refractivity contribution in [1.29, 1.82) is 0 Å². The first-order chi connectivity index (χ1) is 7.54. The number of nitrogens with one attached hydrogen (secondary N) is 1. The van der Waals surface area contributed by atoms with Crippen LogP contribution in [0.2, 0.25) is 0 Å². The number of pyridine rings is 1. The molecule has 0 fully saturated rings. The lowest BCUT2D eigenvalue weighted by Gasteiger charge is -2.16. The first kappa shape index (κ1) is 12.5. The zero-order valence-electron chi connectivity index (χ0n) is 10.3. The summed E-state index contributed by atoms with van der Waals surface area (Å²) in [4.78, 5) is 17.7. The van der Waals surface area contributed by atoms with Gasteiger partial charge in [0.05, 0.1) is 11.7 Å². The Balaban J connectivity index is 2.79. The first-order valence-corrected chi connectivity index (χ1v) is 5.48. The largest absolute Gasteiger partial charge is 0.363 e. The van der Waals surface area contributed by atoms with Crippen LogP contribution in [0.15, 0.2) is 18.2 Å². The van der Waals surface area contributed by atoms with Gasteiger partial charge >= 0.3 is 0 Å². The molecule has 0 unspecified atom stereocenters. The molecule has 0 spiro atoms. The molecule has 1 atom stereocenters. The van der Waals surface area contributed by atoms with Crippen molar-refractivity contribution in [2.75, 3.05) is 19.0 Å². The maximum absolute atomic E-state index is 11.3. The normalized spacial score (nSPS) is 12.0. The summed E-state index contributed by atoms with van der Waals surface area (Å²) in [7, 11) is 3.89. The van der Waals surface area contributed by atoms with Crippen LogP contribution < -0.4 is 10.2 Å². The van der Waals surface area contributed by atoms with Crippen LogP contribution in [0.4, 0.5) is 5.82 Å². The number of anilines is 1. The summed E-state index contributed by atoms with van der Waals surface area (Å²) in [5, 5.41) is 2.89. The lowest BCUT2D eigenvalue weighted by Crippen LogP contribution is -2.26. The molecule has 16 heavy (non-hydrogen) atoms. The third-order valence-electron chi connectivity index (χ3n) is 2.36. The third kappa shape index (κ3) is 3.22. The summed E-state index contributed by atoms with van der Waals surface area (Å²) in [6, 6.07) is 5.77. The average Bonchev–Trinajstić information content (AvgIpc) is 2.28. The highest BCUT2D eigenvalue weighted by atomic mass is 16.1. The number of rotatable bonds is 4. The van der Waals surface area contributed by atoms with Gasteiger partial charge in [0, 0.05) is 20.5 Å². The summed E-state index contributed by atoms with van der Waals surface area (Å²) in [5.74, 6) is 0.944. The average molecular weight is 221 g/mol. The van der Waals surface area contributed by atoms with E-state index in [2.05, 4.69) is 10.3 Å². The maximum Gasteiger partial charge on any atom is 0.220 e. The van der Waals surface area contributed by atoms with Crippen molar-refractivity contribution in [2.45, 2.75) is 26.3 Å². The van der Waals surface area contributed by atoms with Crippen LogP contribution in [0.3, 0.4) is 0 Å². The van der Waals surface area contributed by atoms with E-state index in [-0.39, 0.29) is 11.9 Å². The summed E-state index contributed by atoms with van der Waals surface area (Å²) in [5.41, 5.74) is 0.882. The number of hydrogen-bond acceptors (Lipinski definition) is 3. The Bertz CT molecular complexity index is 363. The molecule has 0 aliphatic rings. The Kier molecular flexibility index (Phi) is 4.28. The van der Waals surface area contributed by atoms with Crippen LogP contribution in [-0.4, -0.2) is 25.0 Å². The van der Waals surface area contributed by atoms with Gasteiger partial charge in [0.1, 0.15) is 5.82 Å². The van der Waals surface area contributed by atoms with Crippen LogP contribution in [0.5, 0.6) is 0 Å². The summed E-state index contributed by atoms with van der Waals surface area (Å²) >= 11 is 0. The van der Waals surface area contributed by atoms with E-state index in [9.17, 15) is 4.79 Å². The summed E-state index contributed by atoms with van der Waals surface area (Å²) < 4.78 is 0. The van der Waals surface area contributed by atoms with Gasteiger partial charge in [-0.05, 0) is 19.1 Å². The van der Waals surface area contributed by atoms with Gasteiger partial charge in [-0.25, -0.2) is 4.98 Å². The van der Waals surface area contributed by atoms with Crippen LogP contribution in [0.25, 0.3) is 0 Å². The quantitative estimate of drug-likeness (QED) is 0.842. The Labute approximate surface area is 96.7 Å². The zero-order valence-corrected chi connectivity index (χ0v) is 10.3. The van der Waals surface area contributed by atoms with Crippen molar-refractivity contribution >= 4 is 11.7 Å². The number of amides is 1. The molecular formula is C12H19N3O. The fraction of sp³-hybridized carbons (Fsp3) is 0.500. The van der Waals surface area contributed by atoms with E-state index in [0.717, 1.165) is 11.5 Å². The molecule has 0 saturated carbocycles. The van der Waals surface area contributed by atoms with Gasteiger partial charge in [-0.2, -0.15) is 0 Å². The minimum atomic E-state index is -0.0488. The maximum atomic E-state index is 11.3. The molecular weight excluding hydrogens is 202 g/mol. The first-order valence-electron chi connectivity index (χ1n) is 5.48. The van der Waals surface area contributed by atoms with Gasteiger partial charge in [-0.3, -0.25) is 4.79 Å². The van der Waals surface area contributed by atoms with E-state index in [1.165, 1.54) is 0 Å². The van der Waals surface area contributed by atoms with Gasteiger partial charge in [0.2, 0.25) is 5.91 Å². The molecule has 1 aromatic rings. The molecule has 0 radical (unpaired) electrons. The van der Waals surface area contributed by atoms with Crippen LogP contribution in [0, 0.1) is 0 Å². The summed E-state index contributed by atoms with van der Waals surface area (Å²) in [6.07, 6.45) is 0.498. The Morgan fingerprint density at radius 3 is 2.75 bits per heavy atom. The lowest BCUT2D eigenvalue weighted by atomic mass is 10.2. The second kappa shape index (κ2) is 5.49. The van der Waals surface area contributed by atoms with E-state index in [1.54, 1.807) is 0 Å². The van der Waals surface area contributed by atoms with E-state index < -0.39 is 0 Å². The smallest absolute Gasteiger partial charge is 0.220 e. The van der Waals surface area contributed by atoms with Crippen LogP contribution in [0.1, 0.15) is 32.0 Å². The minimum absolute atomic E-state index is 0.0459. The predicted molar refractivity (Wildman–Crippen MR) is 65.4 cm³/mol. The molecule has 0 aliphatic heterocycles. The van der Waals surface area contributed by atoms with Crippen LogP contribution >= 0.6 is 0 Å². The Morgan fingerprint density at radius 1 is 1.50 bits per heavy atom. The number of carbonyl (C=O) groups excluding carboxylic acids is 1. The van der Waals surface area contributed by atoms with Gasteiger partial charge in [0.25, 0.3) is 0 Å². The molecule has 1 N–H and O–H groups in total. The highest BCUT2D eigenvalue weighted by molar-refractivity contribution is 5.75. The van der Waals surface area contributed by atoms with Crippen molar-refractivity contribution in [3.63, 3.8) is 0 Å². The van der Waals surface area contributed by atoms with Crippen molar-refractivity contribution in [3.8, 4) is 0 Å². The molecule has 4 nitrogen and oxygen atoms in total. The topological polar surface area (TPSA) is 45.2 Å². The van der Waals surface area contributed by atoms with Crippen molar-refractivity contribution in [3.05, 3.63) is 23.9 Å². The second-order valence-corrected chi connectivity index (χ2v) is 3.96. The Hall–Kier alpha value is -1.58. The molecule has 0 aromatic carbocycles.